The Morgan fingerprint density at radius 2 is 1.75 bits per heavy atom. The standard InChI is InChI=1S/C13H12Cl2FNO3/c1-13(2)8(9(13)12(19)20)11(18)17-10-6(14)3-5(16)4-7(10)15/h3-4,8-9H,1-2H3,(H,17,18)(H,19,20). The van der Waals surface area contributed by atoms with Crippen molar-refractivity contribution in [2.45, 2.75) is 13.8 Å². The summed E-state index contributed by atoms with van der Waals surface area (Å²) in [6.07, 6.45) is 0. The summed E-state index contributed by atoms with van der Waals surface area (Å²) in [6, 6.07) is 2.05. The van der Waals surface area contributed by atoms with Crippen LogP contribution in [-0.4, -0.2) is 17.0 Å². The Morgan fingerprint density at radius 1 is 1.25 bits per heavy atom. The summed E-state index contributed by atoms with van der Waals surface area (Å²) in [6.45, 7) is 3.40. The smallest absolute Gasteiger partial charge is 0.307 e. The van der Waals surface area contributed by atoms with Crippen LogP contribution in [0, 0.1) is 23.1 Å². The molecular formula is C13H12Cl2FNO3. The molecule has 2 atom stereocenters. The SMILES string of the molecule is CC1(C)C(C(=O)O)C1C(=O)Nc1c(Cl)cc(F)cc1Cl. The predicted octanol–water partition coefficient (Wildman–Crippen LogP) is 3.43. The van der Waals surface area contributed by atoms with Crippen LogP contribution in [0.2, 0.25) is 10.0 Å². The first-order valence-corrected chi connectivity index (χ1v) is 6.60. The summed E-state index contributed by atoms with van der Waals surface area (Å²) in [4.78, 5) is 23.2. The summed E-state index contributed by atoms with van der Waals surface area (Å²) in [5.74, 6) is -3.55. The zero-order chi connectivity index (χ0) is 15.2. The minimum absolute atomic E-state index is 0.0336. The van der Waals surface area contributed by atoms with E-state index in [1.54, 1.807) is 13.8 Å². The third-order valence-electron chi connectivity index (χ3n) is 3.63. The van der Waals surface area contributed by atoms with E-state index in [4.69, 9.17) is 28.3 Å². The number of hydrogen-bond acceptors (Lipinski definition) is 2. The molecule has 0 radical (unpaired) electrons. The van der Waals surface area contributed by atoms with Gasteiger partial charge in [0.2, 0.25) is 5.91 Å². The number of benzene rings is 1. The zero-order valence-electron chi connectivity index (χ0n) is 10.7. The van der Waals surface area contributed by atoms with Crippen molar-refractivity contribution in [3.05, 3.63) is 28.0 Å². The average Bonchev–Trinajstić information content (AvgIpc) is 2.86. The van der Waals surface area contributed by atoms with Crippen LogP contribution in [0.15, 0.2) is 12.1 Å². The molecule has 1 amide bonds. The molecule has 0 saturated heterocycles. The van der Waals surface area contributed by atoms with Crippen LogP contribution < -0.4 is 5.32 Å². The van der Waals surface area contributed by atoms with Gasteiger partial charge in [0.15, 0.2) is 0 Å². The second-order valence-corrected chi connectivity index (χ2v) is 6.16. The number of hydrogen-bond donors (Lipinski definition) is 2. The highest BCUT2D eigenvalue weighted by atomic mass is 35.5. The number of nitrogens with one attached hydrogen (secondary N) is 1. The highest BCUT2D eigenvalue weighted by molar-refractivity contribution is 6.39. The molecule has 2 rings (SSSR count). The Morgan fingerprint density at radius 3 is 2.15 bits per heavy atom. The van der Waals surface area contributed by atoms with Crippen LogP contribution in [0.25, 0.3) is 0 Å². The molecule has 2 N–H and O–H groups in total. The van der Waals surface area contributed by atoms with Crippen LogP contribution in [0.3, 0.4) is 0 Å². The van der Waals surface area contributed by atoms with Gasteiger partial charge in [-0.05, 0) is 17.5 Å². The number of carboxylic acid groups (broad SMARTS) is 1. The van der Waals surface area contributed by atoms with E-state index in [0.717, 1.165) is 12.1 Å². The molecule has 0 aromatic heterocycles. The second-order valence-electron chi connectivity index (χ2n) is 5.35. The van der Waals surface area contributed by atoms with Crippen molar-refractivity contribution >= 4 is 40.8 Å². The van der Waals surface area contributed by atoms with E-state index in [9.17, 15) is 14.0 Å². The Labute approximate surface area is 124 Å². The number of carbonyl (C=O) groups is 2. The maximum Gasteiger partial charge on any atom is 0.307 e. The first kappa shape index (κ1) is 15.1. The van der Waals surface area contributed by atoms with E-state index in [1.807, 2.05) is 0 Å². The monoisotopic (exact) mass is 319 g/mol. The van der Waals surface area contributed by atoms with Crippen molar-refractivity contribution in [2.24, 2.45) is 17.3 Å². The number of aliphatic carboxylic acids is 1. The maximum atomic E-state index is 13.0. The molecule has 7 heteroatoms. The third kappa shape index (κ3) is 2.47. The molecule has 20 heavy (non-hydrogen) atoms. The van der Waals surface area contributed by atoms with Gasteiger partial charge in [-0.2, -0.15) is 0 Å². The second kappa shape index (κ2) is 4.90. The first-order valence-electron chi connectivity index (χ1n) is 5.84. The fraction of sp³-hybridized carbons (Fsp3) is 0.385. The number of carboxylic acids is 1. The lowest BCUT2D eigenvalue weighted by molar-refractivity contribution is -0.140. The molecule has 0 bridgehead atoms. The summed E-state index contributed by atoms with van der Waals surface area (Å²) in [5, 5.41) is 11.4. The van der Waals surface area contributed by atoms with Crippen LogP contribution >= 0.6 is 23.2 Å². The van der Waals surface area contributed by atoms with E-state index in [-0.39, 0.29) is 15.7 Å². The summed E-state index contributed by atoms with van der Waals surface area (Å²) >= 11 is 11.6. The molecule has 1 aliphatic carbocycles. The van der Waals surface area contributed by atoms with E-state index in [1.165, 1.54) is 0 Å². The lowest BCUT2D eigenvalue weighted by atomic mass is 10.1. The minimum atomic E-state index is -1.02. The van der Waals surface area contributed by atoms with Crippen LogP contribution in [0.4, 0.5) is 10.1 Å². The van der Waals surface area contributed by atoms with Gasteiger partial charge in [0.25, 0.3) is 0 Å². The molecule has 0 aliphatic heterocycles. The zero-order valence-corrected chi connectivity index (χ0v) is 12.2. The van der Waals surface area contributed by atoms with Gasteiger partial charge in [0.1, 0.15) is 5.82 Å². The van der Waals surface area contributed by atoms with Gasteiger partial charge in [-0.3, -0.25) is 9.59 Å². The fourth-order valence-corrected chi connectivity index (χ4v) is 3.01. The number of carbonyl (C=O) groups excluding carboxylic acids is 1. The number of rotatable bonds is 3. The Bertz CT molecular complexity index is 580. The van der Waals surface area contributed by atoms with Crippen molar-refractivity contribution in [2.75, 3.05) is 5.32 Å². The number of anilines is 1. The fourth-order valence-electron chi connectivity index (χ4n) is 2.45. The topological polar surface area (TPSA) is 66.4 Å². The van der Waals surface area contributed by atoms with Crippen molar-refractivity contribution in [3.63, 3.8) is 0 Å². The van der Waals surface area contributed by atoms with E-state index in [2.05, 4.69) is 5.32 Å². The lowest BCUT2D eigenvalue weighted by Gasteiger charge is -2.10. The quantitative estimate of drug-likeness (QED) is 0.897. The molecule has 0 spiro atoms. The number of halogens is 3. The van der Waals surface area contributed by atoms with Crippen molar-refractivity contribution in [3.8, 4) is 0 Å². The van der Waals surface area contributed by atoms with E-state index in [0.29, 0.717) is 0 Å². The van der Waals surface area contributed by atoms with E-state index < -0.39 is 34.9 Å². The van der Waals surface area contributed by atoms with E-state index >= 15 is 0 Å². The molecule has 0 heterocycles. The van der Waals surface area contributed by atoms with Gasteiger partial charge >= 0.3 is 5.97 Å². The molecular weight excluding hydrogens is 308 g/mol. The molecule has 4 nitrogen and oxygen atoms in total. The Kier molecular flexibility index (Phi) is 3.69. The number of amides is 1. The van der Waals surface area contributed by atoms with Gasteiger partial charge in [-0.1, -0.05) is 37.0 Å². The molecule has 1 fully saturated rings. The van der Waals surface area contributed by atoms with Crippen LogP contribution in [0.1, 0.15) is 13.8 Å². The van der Waals surface area contributed by atoms with Crippen LogP contribution in [0.5, 0.6) is 0 Å². The third-order valence-corrected chi connectivity index (χ3v) is 4.23. The Hall–Kier alpha value is -1.33. The summed E-state index contributed by atoms with van der Waals surface area (Å²) < 4.78 is 13.0. The van der Waals surface area contributed by atoms with Gasteiger partial charge < -0.3 is 10.4 Å². The van der Waals surface area contributed by atoms with Crippen molar-refractivity contribution in [1.82, 2.24) is 0 Å². The van der Waals surface area contributed by atoms with Gasteiger partial charge in [0.05, 0.1) is 27.6 Å². The average molecular weight is 320 g/mol. The molecule has 2 unspecified atom stereocenters. The van der Waals surface area contributed by atoms with Crippen molar-refractivity contribution in [1.29, 1.82) is 0 Å². The predicted molar refractivity (Wildman–Crippen MR) is 73.4 cm³/mol. The highest BCUT2D eigenvalue weighted by Crippen LogP contribution is 2.58. The summed E-state index contributed by atoms with van der Waals surface area (Å²) in [5.41, 5.74) is -0.541. The Balaban J connectivity index is 2.20. The van der Waals surface area contributed by atoms with Crippen LogP contribution in [-0.2, 0) is 9.59 Å². The maximum absolute atomic E-state index is 13.0. The van der Waals surface area contributed by atoms with Gasteiger partial charge in [-0.25, -0.2) is 4.39 Å². The molecule has 1 aromatic rings. The lowest BCUT2D eigenvalue weighted by Crippen LogP contribution is -2.18. The van der Waals surface area contributed by atoms with Gasteiger partial charge in [-0.15, -0.1) is 0 Å². The summed E-state index contributed by atoms with van der Waals surface area (Å²) in [7, 11) is 0. The largest absolute Gasteiger partial charge is 0.481 e. The molecule has 108 valence electrons. The first-order chi connectivity index (χ1) is 9.16. The molecule has 1 aliphatic rings. The van der Waals surface area contributed by atoms with Gasteiger partial charge in [0, 0.05) is 0 Å². The molecule has 1 aromatic carbocycles. The highest BCUT2D eigenvalue weighted by Gasteiger charge is 2.65. The normalized spacial score (nSPS) is 23.2. The van der Waals surface area contributed by atoms with Crippen molar-refractivity contribution < 1.29 is 19.1 Å². The molecule has 1 saturated carbocycles. The minimum Gasteiger partial charge on any atom is -0.481 e.